The van der Waals surface area contributed by atoms with Gasteiger partial charge in [-0.15, -0.1) is 0 Å². The first-order valence-electron chi connectivity index (χ1n) is 10.0. The molecular weight excluding hydrogens is 352 g/mol. The molecule has 5 nitrogen and oxygen atoms in total. The number of ether oxygens (including phenoxy) is 3. The first kappa shape index (κ1) is 20.5. The fraction of sp³-hybridized carbons (Fsp3) is 0.478. The van der Waals surface area contributed by atoms with Gasteiger partial charge in [0, 0.05) is 26.2 Å². The molecule has 1 aliphatic rings. The topological polar surface area (TPSA) is 34.2 Å². The maximum absolute atomic E-state index is 6.08. The molecule has 28 heavy (non-hydrogen) atoms. The number of rotatable bonds is 9. The predicted octanol–water partition coefficient (Wildman–Crippen LogP) is 3.46. The van der Waals surface area contributed by atoms with Crippen molar-refractivity contribution in [3.05, 3.63) is 53.6 Å². The second kappa shape index (κ2) is 10.3. The molecule has 1 fully saturated rings. The number of nitrogens with zero attached hydrogens (tertiary/aromatic N) is 2. The number of likely N-dealkylation sites (N-methyl/N-ethyl adjacent to an activating group) is 1. The maximum atomic E-state index is 6.08. The fourth-order valence-electron chi connectivity index (χ4n) is 3.55. The van der Waals surface area contributed by atoms with Gasteiger partial charge in [0.2, 0.25) is 5.75 Å². The molecule has 1 aliphatic heterocycles. The van der Waals surface area contributed by atoms with Crippen LogP contribution in [0.15, 0.2) is 42.5 Å². The molecule has 0 spiro atoms. The van der Waals surface area contributed by atoms with Crippen molar-refractivity contribution in [2.45, 2.75) is 19.4 Å². The Balaban J connectivity index is 1.63. The predicted molar refractivity (Wildman–Crippen MR) is 113 cm³/mol. The number of hydrogen-bond acceptors (Lipinski definition) is 5. The first-order valence-corrected chi connectivity index (χ1v) is 10.0. The molecule has 0 amide bonds. The molecule has 0 saturated carbocycles. The summed E-state index contributed by atoms with van der Waals surface area (Å²) in [5.41, 5.74) is 2.35. The zero-order valence-electron chi connectivity index (χ0n) is 17.3. The smallest absolute Gasteiger partial charge is 0.203 e. The fourth-order valence-corrected chi connectivity index (χ4v) is 3.55. The highest BCUT2D eigenvalue weighted by Gasteiger charge is 2.16. The number of piperazine rings is 1. The van der Waals surface area contributed by atoms with E-state index in [1.54, 1.807) is 14.2 Å². The molecule has 1 heterocycles. The minimum atomic E-state index is 0.505. The SMILES string of the molecule is COc1cc(CCCN2CCN(C)CC2)cc(OCc2ccccc2)c1OC. The van der Waals surface area contributed by atoms with E-state index in [4.69, 9.17) is 14.2 Å². The van der Waals surface area contributed by atoms with Crippen LogP contribution in [0.2, 0.25) is 0 Å². The van der Waals surface area contributed by atoms with Gasteiger partial charge in [0.15, 0.2) is 11.5 Å². The summed E-state index contributed by atoms with van der Waals surface area (Å²) in [4.78, 5) is 4.94. The van der Waals surface area contributed by atoms with Crippen LogP contribution in [0, 0.1) is 0 Å². The molecule has 152 valence electrons. The summed E-state index contributed by atoms with van der Waals surface area (Å²) in [7, 11) is 5.52. The Morgan fingerprint density at radius 3 is 2.25 bits per heavy atom. The van der Waals surface area contributed by atoms with Crippen molar-refractivity contribution in [1.82, 2.24) is 9.80 Å². The second-order valence-electron chi connectivity index (χ2n) is 7.35. The molecule has 0 atom stereocenters. The van der Waals surface area contributed by atoms with Gasteiger partial charge in [-0.05, 0) is 49.7 Å². The summed E-state index contributed by atoms with van der Waals surface area (Å²) in [6.07, 6.45) is 2.12. The number of benzene rings is 2. The van der Waals surface area contributed by atoms with Crippen molar-refractivity contribution in [3.8, 4) is 17.2 Å². The minimum Gasteiger partial charge on any atom is -0.493 e. The van der Waals surface area contributed by atoms with Crippen LogP contribution >= 0.6 is 0 Å². The van der Waals surface area contributed by atoms with E-state index in [9.17, 15) is 0 Å². The van der Waals surface area contributed by atoms with Gasteiger partial charge in [0.05, 0.1) is 14.2 Å². The lowest BCUT2D eigenvalue weighted by atomic mass is 10.1. The zero-order chi connectivity index (χ0) is 19.8. The standard InChI is InChI=1S/C23H32N2O3/c1-24-12-14-25(15-13-24)11-7-10-20-16-21(26-2)23(27-3)22(17-20)28-18-19-8-5-4-6-9-19/h4-6,8-9,16-17H,7,10-15,18H2,1-3H3. The van der Waals surface area contributed by atoms with Gasteiger partial charge in [-0.2, -0.15) is 0 Å². The molecule has 5 heteroatoms. The lowest BCUT2D eigenvalue weighted by Crippen LogP contribution is -2.44. The van der Waals surface area contributed by atoms with Crippen molar-refractivity contribution >= 4 is 0 Å². The van der Waals surface area contributed by atoms with Gasteiger partial charge < -0.3 is 24.0 Å². The van der Waals surface area contributed by atoms with Crippen LogP contribution in [0.3, 0.4) is 0 Å². The van der Waals surface area contributed by atoms with E-state index < -0.39 is 0 Å². The van der Waals surface area contributed by atoms with E-state index >= 15 is 0 Å². The Morgan fingerprint density at radius 2 is 1.57 bits per heavy atom. The molecule has 0 aliphatic carbocycles. The molecule has 2 aromatic rings. The van der Waals surface area contributed by atoms with Crippen LogP contribution in [-0.2, 0) is 13.0 Å². The van der Waals surface area contributed by atoms with Crippen molar-refractivity contribution in [2.24, 2.45) is 0 Å². The Hall–Kier alpha value is -2.24. The van der Waals surface area contributed by atoms with Crippen LogP contribution in [-0.4, -0.2) is 63.8 Å². The lowest BCUT2D eigenvalue weighted by molar-refractivity contribution is 0.153. The highest BCUT2D eigenvalue weighted by Crippen LogP contribution is 2.39. The van der Waals surface area contributed by atoms with Gasteiger partial charge in [-0.1, -0.05) is 30.3 Å². The van der Waals surface area contributed by atoms with Crippen molar-refractivity contribution in [2.75, 3.05) is 54.0 Å². The normalized spacial score (nSPS) is 15.4. The Bertz CT molecular complexity index is 728. The summed E-state index contributed by atoms with van der Waals surface area (Å²) >= 11 is 0. The van der Waals surface area contributed by atoms with E-state index in [1.165, 1.54) is 5.56 Å². The van der Waals surface area contributed by atoms with E-state index in [1.807, 2.05) is 18.2 Å². The van der Waals surface area contributed by atoms with Crippen LogP contribution in [0.1, 0.15) is 17.5 Å². The third-order valence-corrected chi connectivity index (χ3v) is 5.28. The summed E-state index contributed by atoms with van der Waals surface area (Å²) in [5.74, 6) is 2.12. The molecular formula is C23H32N2O3. The summed E-state index contributed by atoms with van der Waals surface area (Å²) < 4.78 is 17.2. The number of methoxy groups -OCH3 is 2. The van der Waals surface area contributed by atoms with E-state index in [2.05, 4.69) is 41.1 Å². The molecule has 0 aromatic heterocycles. The average Bonchev–Trinajstić information content (AvgIpc) is 2.74. The quantitative estimate of drug-likeness (QED) is 0.661. The van der Waals surface area contributed by atoms with Gasteiger partial charge >= 0.3 is 0 Å². The highest BCUT2D eigenvalue weighted by molar-refractivity contribution is 5.54. The lowest BCUT2D eigenvalue weighted by Gasteiger charge is -2.32. The zero-order valence-corrected chi connectivity index (χ0v) is 17.3. The van der Waals surface area contributed by atoms with E-state index in [-0.39, 0.29) is 0 Å². The minimum absolute atomic E-state index is 0.505. The van der Waals surface area contributed by atoms with Crippen LogP contribution < -0.4 is 14.2 Å². The Morgan fingerprint density at radius 1 is 0.857 bits per heavy atom. The monoisotopic (exact) mass is 384 g/mol. The van der Waals surface area contributed by atoms with Crippen molar-refractivity contribution < 1.29 is 14.2 Å². The third-order valence-electron chi connectivity index (χ3n) is 5.28. The summed E-state index contributed by atoms with van der Waals surface area (Å²) in [5, 5.41) is 0. The molecule has 1 saturated heterocycles. The number of aryl methyl sites for hydroxylation is 1. The third kappa shape index (κ3) is 5.63. The molecule has 0 bridgehead atoms. The maximum Gasteiger partial charge on any atom is 0.203 e. The Kier molecular flexibility index (Phi) is 7.57. The highest BCUT2D eigenvalue weighted by atomic mass is 16.5. The van der Waals surface area contributed by atoms with Crippen molar-refractivity contribution in [3.63, 3.8) is 0 Å². The van der Waals surface area contributed by atoms with Crippen LogP contribution in [0.5, 0.6) is 17.2 Å². The van der Waals surface area contributed by atoms with Crippen molar-refractivity contribution in [1.29, 1.82) is 0 Å². The van der Waals surface area contributed by atoms with Crippen LogP contribution in [0.4, 0.5) is 0 Å². The second-order valence-corrected chi connectivity index (χ2v) is 7.35. The summed E-state index contributed by atoms with van der Waals surface area (Å²) in [6, 6.07) is 14.3. The molecule has 0 radical (unpaired) electrons. The van der Waals surface area contributed by atoms with Gasteiger partial charge in [-0.3, -0.25) is 0 Å². The Labute approximate surface area is 168 Å². The molecule has 0 N–H and O–H groups in total. The largest absolute Gasteiger partial charge is 0.493 e. The van der Waals surface area contributed by atoms with Gasteiger partial charge in [0.1, 0.15) is 6.61 Å². The van der Waals surface area contributed by atoms with E-state index in [0.717, 1.165) is 62.6 Å². The number of hydrogen-bond donors (Lipinski definition) is 0. The average molecular weight is 385 g/mol. The molecule has 3 rings (SSSR count). The molecule has 2 aromatic carbocycles. The summed E-state index contributed by atoms with van der Waals surface area (Å²) in [6.45, 7) is 6.27. The molecule has 0 unspecified atom stereocenters. The van der Waals surface area contributed by atoms with Crippen LogP contribution in [0.25, 0.3) is 0 Å². The first-order chi connectivity index (χ1) is 13.7. The van der Waals surface area contributed by atoms with E-state index in [0.29, 0.717) is 12.4 Å². The van der Waals surface area contributed by atoms with Gasteiger partial charge in [-0.25, -0.2) is 0 Å². The van der Waals surface area contributed by atoms with Gasteiger partial charge in [0.25, 0.3) is 0 Å².